The molecular formula is C17H12Cl2N2O3S. The van der Waals surface area contributed by atoms with Crippen LogP contribution in [-0.4, -0.2) is 18.7 Å². The molecule has 3 aromatic rings. The molecule has 0 aliphatic carbocycles. The highest BCUT2D eigenvalue weighted by Gasteiger charge is 2.29. The van der Waals surface area contributed by atoms with Gasteiger partial charge in [-0.1, -0.05) is 53.5 Å². The van der Waals surface area contributed by atoms with Crippen LogP contribution in [0.3, 0.4) is 0 Å². The van der Waals surface area contributed by atoms with Gasteiger partial charge in [0, 0.05) is 5.02 Å². The van der Waals surface area contributed by atoms with Gasteiger partial charge in [0.15, 0.2) is 0 Å². The lowest BCUT2D eigenvalue weighted by Gasteiger charge is -2.18. The number of hydrogen-bond acceptors (Lipinski definition) is 4. The topological polar surface area (TPSA) is 80.5 Å². The molecule has 2 N–H and O–H groups in total. The van der Waals surface area contributed by atoms with E-state index < -0.39 is 15.9 Å². The van der Waals surface area contributed by atoms with Crippen molar-refractivity contribution in [3.63, 3.8) is 0 Å². The number of amides is 1. The molecule has 0 saturated carbocycles. The highest BCUT2D eigenvalue weighted by molar-refractivity contribution is 7.89. The van der Waals surface area contributed by atoms with E-state index in [1.807, 2.05) is 12.1 Å². The summed E-state index contributed by atoms with van der Waals surface area (Å²) in [7, 11) is -4.23. The van der Waals surface area contributed by atoms with Crippen LogP contribution in [0.5, 0.6) is 0 Å². The number of nitrogens with zero attached hydrogens (tertiary/aromatic N) is 1. The van der Waals surface area contributed by atoms with Crippen LogP contribution in [0.1, 0.15) is 10.4 Å². The minimum atomic E-state index is -4.23. The summed E-state index contributed by atoms with van der Waals surface area (Å²) >= 11 is 11.7. The maximum atomic E-state index is 12.7. The monoisotopic (exact) mass is 394 g/mol. The zero-order chi connectivity index (χ0) is 18.2. The van der Waals surface area contributed by atoms with Gasteiger partial charge in [-0.15, -0.1) is 0 Å². The lowest BCUT2D eigenvalue weighted by Crippen LogP contribution is -2.42. The van der Waals surface area contributed by atoms with Crippen molar-refractivity contribution in [2.24, 2.45) is 5.84 Å². The smallest absolute Gasteiger partial charge is 0.266 e. The Kier molecular flexibility index (Phi) is 4.71. The van der Waals surface area contributed by atoms with Gasteiger partial charge in [-0.3, -0.25) is 4.79 Å². The average molecular weight is 395 g/mol. The second-order valence-electron chi connectivity index (χ2n) is 5.24. The number of rotatable bonds is 3. The second kappa shape index (κ2) is 6.65. The van der Waals surface area contributed by atoms with E-state index in [0.29, 0.717) is 10.4 Å². The molecule has 0 aliphatic rings. The maximum Gasteiger partial charge on any atom is 0.283 e. The molecule has 3 rings (SSSR count). The van der Waals surface area contributed by atoms with Crippen LogP contribution >= 0.6 is 23.2 Å². The highest BCUT2D eigenvalue weighted by Crippen LogP contribution is 2.25. The molecule has 3 aromatic carbocycles. The van der Waals surface area contributed by atoms with E-state index in [1.54, 1.807) is 18.2 Å². The number of nitrogens with two attached hydrogens (primary N) is 1. The number of sulfonamides is 1. The molecule has 0 atom stereocenters. The molecule has 0 fully saturated rings. The van der Waals surface area contributed by atoms with Gasteiger partial charge in [0.1, 0.15) is 0 Å². The third-order valence-electron chi connectivity index (χ3n) is 3.64. The Morgan fingerprint density at radius 2 is 1.60 bits per heavy atom. The van der Waals surface area contributed by atoms with E-state index in [1.165, 1.54) is 30.3 Å². The van der Waals surface area contributed by atoms with Crippen LogP contribution in [0.15, 0.2) is 65.6 Å². The van der Waals surface area contributed by atoms with Gasteiger partial charge in [0.05, 0.1) is 15.5 Å². The first-order chi connectivity index (χ1) is 11.8. The first-order valence-electron chi connectivity index (χ1n) is 7.09. The van der Waals surface area contributed by atoms with Crippen molar-refractivity contribution in [1.29, 1.82) is 0 Å². The molecule has 25 heavy (non-hydrogen) atoms. The molecular weight excluding hydrogens is 383 g/mol. The van der Waals surface area contributed by atoms with Gasteiger partial charge in [-0.05, 0) is 41.1 Å². The molecule has 0 spiro atoms. The molecule has 5 nitrogen and oxygen atoms in total. The Morgan fingerprint density at radius 1 is 0.920 bits per heavy atom. The number of fused-ring (bicyclic) bond motifs is 1. The first-order valence-corrected chi connectivity index (χ1v) is 9.28. The van der Waals surface area contributed by atoms with E-state index in [4.69, 9.17) is 29.0 Å². The van der Waals surface area contributed by atoms with E-state index in [-0.39, 0.29) is 19.9 Å². The third-order valence-corrected chi connectivity index (χ3v) is 5.72. The molecule has 1 amide bonds. The Hall–Kier alpha value is -2.12. The Balaban J connectivity index is 2.01. The average Bonchev–Trinajstić information content (AvgIpc) is 2.60. The second-order valence-corrected chi connectivity index (χ2v) is 7.90. The van der Waals surface area contributed by atoms with Crippen LogP contribution in [0.4, 0.5) is 0 Å². The Labute approximate surface area is 154 Å². The number of carbonyl (C=O) groups excluding carboxylic acids is 1. The van der Waals surface area contributed by atoms with Crippen LogP contribution in [-0.2, 0) is 10.0 Å². The zero-order valence-corrected chi connectivity index (χ0v) is 15.0. The van der Waals surface area contributed by atoms with Crippen LogP contribution in [0.2, 0.25) is 10.0 Å². The van der Waals surface area contributed by atoms with Crippen molar-refractivity contribution in [2.45, 2.75) is 4.90 Å². The molecule has 0 aliphatic heterocycles. The molecule has 8 heteroatoms. The summed E-state index contributed by atoms with van der Waals surface area (Å²) in [6.45, 7) is 0. The Morgan fingerprint density at radius 3 is 2.28 bits per heavy atom. The molecule has 0 radical (unpaired) electrons. The normalized spacial score (nSPS) is 11.5. The summed E-state index contributed by atoms with van der Waals surface area (Å²) in [5.74, 6) is 4.67. The van der Waals surface area contributed by atoms with Crippen molar-refractivity contribution >= 4 is 49.9 Å². The number of hydrazine groups is 1. The lowest BCUT2D eigenvalue weighted by molar-refractivity contribution is 0.0861. The van der Waals surface area contributed by atoms with Gasteiger partial charge < -0.3 is 0 Å². The largest absolute Gasteiger partial charge is 0.283 e. The van der Waals surface area contributed by atoms with E-state index in [2.05, 4.69) is 0 Å². The number of benzene rings is 3. The fourth-order valence-electron chi connectivity index (χ4n) is 2.33. The molecule has 0 unspecified atom stereocenters. The van der Waals surface area contributed by atoms with Crippen molar-refractivity contribution < 1.29 is 13.2 Å². The fourth-order valence-corrected chi connectivity index (χ4v) is 3.88. The van der Waals surface area contributed by atoms with Crippen LogP contribution in [0, 0.1) is 0 Å². The highest BCUT2D eigenvalue weighted by atomic mass is 35.5. The van der Waals surface area contributed by atoms with E-state index in [0.717, 1.165) is 5.39 Å². The van der Waals surface area contributed by atoms with Crippen LogP contribution < -0.4 is 5.84 Å². The molecule has 0 saturated heterocycles. The summed E-state index contributed by atoms with van der Waals surface area (Å²) in [6, 6.07) is 15.9. The van der Waals surface area contributed by atoms with Crippen molar-refractivity contribution in [1.82, 2.24) is 4.41 Å². The predicted octanol–water partition coefficient (Wildman–Crippen LogP) is 3.85. The number of hydrogen-bond donors (Lipinski definition) is 1. The van der Waals surface area contributed by atoms with Gasteiger partial charge in [0.25, 0.3) is 15.9 Å². The summed E-state index contributed by atoms with van der Waals surface area (Å²) in [6.07, 6.45) is 0. The van der Waals surface area contributed by atoms with Gasteiger partial charge in [-0.25, -0.2) is 5.84 Å². The standard InChI is InChI=1S/C17H12Cl2N2O3S/c18-13-6-8-15(16(19)10-13)17(22)21(20)25(23,24)14-7-5-11-3-1-2-4-12(11)9-14/h1-10H,20H2. The summed E-state index contributed by atoms with van der Waals surface area (Å²) in [5.41, 5.74) is -0.0575. The number of halogens is 2. The Bertz CT molecular complexity index is 1080. The molecule has 0 aromatic heterocycles. The quantitative estimate of drug-likeness (QED) is 0.415. The molecule has 0 bridgehead atoms. The zero-order valence-electron chi connectivity index (χ0n) is 12.7. The fraction of sp³-hybridized carbons (Fsp3) is 0. The SMILES string of the molecule is NN(C(=O)c1ccc(Cl)cc1Cl)S(=O)(=O)c1ccc2ccccc2c1. The van der Waals surface area contributed by atoms with Gasteiger partial charge >= 0.3 is 0 Å². The van der Waals surface area contributed by atoms with Crippen molar-refractivity contribution in [3.8, 4) is 0 Å². The predicted molar refractivity (Wildman–Crippen MR) is 98.0 cm³/mol. The minimum absolute atomic E-state index is 0.0154. The summed E-state index contributed by atoms with van der Waals surface area (Å²) in [5, 5.41) is 1.93. The lowest BCUT2D eigenvalue weighted by atomic mass is 10.1. The van der Waals surface area contributed by atoms with Crippen LogP contribution in [0.25, 0.3) is 10.8 Å². The molecule has 0 heterocycles. The summed E-state index contributed by atoms with van der Waals surface area (Å²) < 4.78 is 25.5. The summed E-state index contributed by atoms with van der Waals surface area (Å²) in [4.78, 5) is 12.4. The first kappa shape index (κ1) is 17.7. The number of carbonyl (C=O) groups is 1. The van der Waals surface area contributed by atoms with Gasteiger partial charge in [0.2, 0.25) is 0 Å². The van der Waals surface area contributed by atoms with E-state index >= 15 is 0 Å². The van der Waals surface area contributed by atoms with Crippen molar-refractivity contribution in [3.05, 3.63) is 76.3 Å². The maximum absolute atomic E-state index is 12.7. The van der Waals surface area contributed by atoms with E-state index in [9.17, 15) is 13.2 Å². The third kappa shape index (κ3) is 3.34. The van der Waals surface area contributed by atoms with Crippen molar-refractivity contribution in [2.75, 3.05) is 0 Å². The molecule has 128 valence electrons. The minimum Gasteiger partial charge on any atom is -0.266 e. The van der Waals surface area contributed by atoms with Gasteiger partial charge in [-0.2, -0.15) is 12.8 Å².